The van der Waals surface area contributed by atoms with Crippen LogP contribution in [0.3, 0.4) is 0 Å². The molecule has 1 rings (SSSR count). The second-order valence-corrected chi connectivity index (χ2v) is 3.39. The average Bonchev–Trinajstić information content (AvgIpc) is 2.28. The van der Waals surface area contributed by atoms with E-state index in [1.54, 1.807) is 0 Å². The lowest BCUT2D eigenvalue weighted by atomic mass is 10.1. The number of carboxylic acid groups (broad SMARTS) is 1. The molecule has 0 aliphatic heterocycles. The van der Waals surface area contributed by atoms with Gasteiger partial charge in [0.1, 0.15) is 12.4 Å². The fourth-order valence-electron chi connectivity index (χ4n) is 1.21. The van der Waals surface area contributed by atoms with Crippen LogP contribution in [0.15, 0.2) is 18.2 Å². The van der Waals surface area contributed by atoms with Gasteiger partial charge in [-0.3, -0.25) is 0 Å². The number of aromatic carboxylic acids is 1. The topological polar surface area (TPSA) is 55.8 Å². The van der Waals surface area contributed by atoms with Gasteiger partial charge >= 0.3 is 12.1 Å². The molecule has 1 aromatic carbocycles. The monoisotopic (exact) mass is 264 g/mol. The maximum absolute atomic E-state index is 12.5. The summed E-state index contributed by atoms with van der Waals surface area (Å²) in [5, 5.41) is 8.72. The van der Waals surface area contributed by atoms with Gasteiger partial charge in [0.25, 0.3) is 0 Å². The predicted molar refractivity (Wildman–Crippen MR) is 55.8 cm³/mol. The fraction of sp³-hybridized carbons (Fsp3) is 0.364. The molecule has 0 aliphatic carbocycles. The number of halogens is 3. The molecule has 4 nitrogen and oxygen atoms in total. The van der Waals surface area contributed by atoms with Crippen molar-refractivity contribution in [2.45, 2.75) is 6.18 Å². The van der Waals surface area contributed by atoms with E-state index in [9.17, 15) is 18.0 Å². The number of carboxylic acids is 1. The lowest BCUT2D eigenvalue weighted by molar-refractivity contribution is -0.137. The minimum atomic E-state index is -4.62. The second kappa shape index (κ2) is 5.72. The van der Waals surface area contributed by atoms with E-state index in [2.05, 4.69) is 4.74 Å². The Hall–Kier alpha value is -1.76. The molecular formula is C11H11F3O4. The summed E-state index contributed by atoms with van der Waals surface area (Å²) in [5.41, 5.74) is -1.54. The van der Waals surface area contributed by atoms with Crippen LogP contribution in [0.1, 0.15) is 15.9 Å². The minimum Gasteiger partial charge on any atom is -0.491 e. The van der Waals surface area contributed by atoms with Gasteiger partial charge < -0.3 is 14.6 Å². The van der Waals surface area contributed by atoms with Crippen LogP contribution in [0.25, 0.3) is 0 Å². The van der Waals surface area contributed by atoms with Gasteiger partial charge in [-0.15, -0.1) is 0 Å². The van der Waals surface area contributed by atoms with Gasteiger partial charge in [-0.05, 0) is 18.2 Å². The van der Waals surface area contributed by atoms with E-state index in [1.165, 1.54) is 7.11 Å². The molecule has 0 saturated carbocycles. The Morgan fingerprint density at radius 2 is 1.94 bits per heavy atom. The quantitative estimate of drug-likeness (QED) is 0.830. The summed E-state index contributed by atoms with van der Waals surface area (Å²) in [4.78, 5) is 10.7. The first-order valence-electron chi connectivity index (χ1n) is 4.92. The van der Waals surface area contributed by atoms with Crippen molar-refractivity contribution in [3.05, 3.63) is 29.3 Å². The van der Waals surface area contributed by atoms with E-state index in [4.69, 9.17) is 9.84 Å². The van der Waals surface area contributed by atoms with Crippen LogP contribution in [0, 0.1) is 0 Å². The number of ether oxygens (including phenoxy) is 2. The zero-order valence-corrected chi connectivity index (χ0v) is 9.45. The summed E-state index contributed by atoms with van der Waals surface area (Å²) in [6.45, 7) is 0.232. The van der Waals surface area contributed by atoms with E-state index < -0.39 is 23.3 Å². The number of methoxy groups -OCH3 is 1. The van der Waals surface area contributed by atoms with E-state index in [0.29, 0.717) is 6.07 Å². The number of hydrogen-bond donors (Lipinski definition) is 1. The van der Waals surface area contributed by atoms with Crippen molar-refractivity contribution in [3.8, 4) is 5.75 Å². The number of hydrogen-bond acceptors (Lipinski definition) is 3. The van der Waals surface area contributed by atoms with Gasteiger partial charge in [0.2, 0.25) is 0 Å². The maximum Gasteiger partial charge on any atom is 0.416 e. The molecule has 1 N–H and O–H groups in total. The Morgan fingerprint density at radius 1 is 1.28 bits per heavy atom. The number of carbonyl (C=O) groups is 1. The summed E-state index contributed by atoms with van der Waals surface area (Å²) in [6, 6.07) is 2.35. The Kier molecular flexibility index (Phi) is 4.55. The van der Waals surface area contributed by atoms with E-state index >= 15 is 0 Å². The molecule has 0 radical (unpaired) electrons. The van der Waals surface area contributed by atoms with E-state index in [1.807, 2.05) is 0 Å². The van der Waals surface area contributed by atoms with Crippen molar-refractivity contribution in [1.29, 1.82) is 0 Å². The van der Waals surface area contributed by atoms with Gasteiger partial charge in [-0.2, -0.15) is 13.2 Å². The van der Waals surface area contributed by atoms with E-state index in [0.717, 1.165) is 12.1 Å². The van der Waals surface area contributed by atoms with Crippen molar-refractivity contribution >= 4 is 5.97 Å². The van der Waals surface area contributed by atoms with Crippen molar-refractivity contribution in [1.82, 2.24) is 0 Å². The van der Waals surface area contributed by atoms with Gasteiger partial charge in [-0.1, -0.05) is 0 Å². The fourth-order valence-corrected chi connectivity index (χ4v) is 1.21. The highest BCUT2D eigenvalue weighted by Gasteiger charge is 2.32. The molecule has 0 saturated heterocycles. The number of benzene rings is 1. The predicted octanol–water partition coefficient (Wildman–Crippen LogP) is 2.43. The SMILES string of the molecule is COCCOc1cc(C(=O)O)cc(C(F)(F)F)c1. The molecule has 1 aromatic rings. The molecule has 0 atom stereocenters. The van der Waals surface area contributed by atoms with Crippen LogP contribution in [0.5, 0.6) is 5.75 Å². The largest absolute Gasteiger partial charge is 0.491 e. The molecule has 0 aliphatic rings. The Bertz CT molecular complexity index is 429. The molecule has 0 spiro atoms. The molecule has 100 valence electrons. The molecule has 0 heterocycles. The average molecular weight is 264 g/mol. The lowest BCUT2D eigenvalue weighted by Crippen LogP contribution is -2.10. The molecule has 0 bridgehead atoms. The summed E-state index contributed by atoms with van der Waals surface area (Å²) in [7, 11) is 1.41. The van der Waals surface area contributed by atoms with Crippen LogP contribution < -0.4 is 4.74 Å². The van der Waals surface area contributed by atoms with Gasteiger partial charge in [0.15, 0.2) is 0 Å². The van der Waals surface area contributed by atoms with Gasteiger partial charge in [0.05, 0.1) is 17.7 Å². The Labute approximate surface area is 101 Å². The van der Waals surface area contributed by atoms with Crippen molar-refractivity contribution < 1.29 is 32.5 Å². The first-order chi connectivity index (χ1) is 8.34. The Morgan fingerprint density at radius 3 is 2.44 bits per heavy atom. The third-order valence-electron chi connectivity index (χ3n) is 2.04. The van der Waals surface area contributed by atoms with Crippen molar-refractivity contribution in [2.24, 2.45) is 0 Å². The number of alkyl halides is 3. The van der Waals surface area contributed by atoms with Crippen molar-refractivity contribution in [2.75, 3.05) is 20.3 Å². The third-order valence-corrected chi connectivity index (χ3v) is 2.04. The molecule has 0 unspecified atom stereocenters. The van der Waals surface area contributed by atoms with Crippen LogP contribution in [0.2, 0.25) is 0 Å². The molecular weight excluding hydrogens is 253 g/mol. The lowest BCUT2D eigenvalue weighted by Gasteiger charge is -2.11. The first-order valence-corrected chi connectivity index (χ1v) is 4.92. The molecule has 0 aromatic heterocycles. The molecule has 0 amide bonds. The normalized spacial score (nSPS) is 11.3. The van der Waals surface area contributed by atoms with Crippen LogP contribution in [-0.4, -0.2) is 31.4 Å². The number of rotatable bonds is 5. The highest BCUT2D eigenvalue weighted by atomic mass is 19.4. The minimum absolute atomic E-state index is 0.0386. The summed E-state index contributed by atoms with van der Waals surface area (Å²) in [6.07, 6.45) is -4.62. The van der Waals surface area contributed by atoms with Gasteiger partial charge in [-0.25, -0.2) is 4.79 Å². The standard InChI is InChI=1S/C11H11F3O4/c1-17-2-3-18-9-5-7(10(15)16)4-8(6-9)11(12,13)14/h4-6H,2-3H2,1H3,(H,15,16). The molecule has 0 fully saturated rings. The highest BCUT2D eigenvalue weighted by Crippen LogP contribution is 2.32. The Balaban J connectivity index is 3.03. The summed E-state index contributed by atoms with van der Waals surface area (Å²) >= 11 is 0. The van der Waals surface area contributed by atoms with Crippen LogP contribution in [-0.2, 0) is 10.9 Å². The van der Waals surface area contributed by atoms with Gasteiger partial charge in [0, 0.05) is 7.11 Å². The van der Waals surface area contributed by atoms with E-state index in [-0.39, 0.29) is 19.0 Å². The molecule has 7 heteroatoms. The first kappa shape index (κ1) is 14.3. The zero-order chi connectivity index (χ0) is 13.8. The summed E-state index contributed by atoms with van der Waals surface area (Å²) < 4.78 is 47.2. The third kappa shape index (κ3) is 3.92. The zero-order valence-electron chi connectivity index (χ0n) is 9.45. The summed E-state index contributed by atoms with van der Waals surface area (Å²) in [5.74, 6) is -1.60. The van der Waals surface area contributed by atoms with Crippen LogP contribution in [0.4, 0.5) is 13.2 Å². The smallest absolute Gasteiger partial charge is 0.416 e. The molecule has 18 heavy (non-hydrogen) atoms. The maximum atomic E-state index is 12.5. The van der Waals surface area contributed by atoms with Crippen molar-refractivity contribution in [3.63, 3.8) is 0 Å². The highest BCUT2D eigenvalue weighted by molar-refractivity contribution is 5.88. The van der Waals surface area contributed by atoms with Crippen LogP contribution >= 0.6 is 0 Å². The second-order valence-electron chi connectivity index (χ2n) is 3.39.